The third-order valence-corrected chi connectivity index (χ3v) is 5.46. The molecule has 2 aromatic rings. The van der Waals surface area contributed by atoms with Crippen LogP contribution in [0.4, 0.5) is 0 Å². The second-order valence-electron chi connectivity index (χ2n) is 6.63. The Labute approximate surface area is 131 Å². The number of aryl methyl sites for hydroxylation is 1. The third-order valence-electron chi connectivity index (χ3n) is 4.53. The first kappa shape index (κ1) is 14.8. The molecule has 0 spiro atoms. The predicted octanol–water partition coefficient (Wildman–Crippen LogP) is 3.99. The number of hydrogen-bond acceptors (Lipinski definition) is 3. The highest BCUT2D eigenvalue weighted by Crippen LogP contribution is 2.32. The number of hydrogen-bond donors (Lipinski definition) is 1. The Kier molecular flexibility index (Phi) is 4.45. The molecule has 0 saturated heterocycles. The van der Waals surface area contributed by atoms with Gasteiger partial charge in [0.2, 0.25) is 0 Å². The van der Waals surface area contributed by atoms with Gasteiger partial charge in [-0.2, -0.15) is 0 Å². The quantitative estimate of drug-likeness (QED) is 0.925. The van der Waals surface area contributed by atoms with Crippen molar-refractivity contribution < 1.29 is 0 Å². The Bertz CT molecular complexity index is 550. The highest BCUT2D eigenvalue weighted by Gasteiger charge is 2.28. The van der Waals surface area contributed by atoms with E-state index in [9.17, 15) is 0 Å². The first-order valence-electron chi connectivity index (χ1n) is 7.90. The average molecular weight is 303 g/mol. The van der Waals surface area contributed by atoms with E-state index in [4.69, 9.17) is 0 Å². The monoisotopic (exact) mass is 303 g/mol. The van der Waals surface area contributed by atoms with E-state index in [1.807, 2.05) is 23.7 Å². The molecule has 0 bridgehead atoms. The molecule has 0 aromatic carbocycles. The maximum atomic E-state index is 4.58. The van der Waals surface area contributed by atoms with Crippen molar-refractivity contribution in [3.05, 3.63) is 40.6 Å². The highest BCUT2D eigenvalue weighted by atomic mass is 32.1. The summed E-state index contributed by atoms with van der Waals surface area (Å²) in [5.41, 5.74) is 0. The SMILES string of the molecule is CC1CC(C)CC(NC(c2cccs2)c2nccn2C)C1. The van der Waals surface area contributed by atoms with Gasteiger partial charge in [0.25, 0.3) is 0 Å². The molecule has 2 heterocycles. The van der Waals surface area contributed by atoms with Gasteiger partial charge in [0.05, 0.1) is 0 Å². The molecule has 1 aliphatic rings. The highest BCUT2D eigenvalue weighted by molar-refractivity contribution is 7.10. The molecule has 1 saturated carbocycles. The summed E-state index contributed by atoms with van der Waals surface area (Å²) in [6, 6.07) is 5.15. The lowest BCUT2D eigenvalue weighted by molar-refractivity contribution is 0.230. The normalized spacial score (nSPS) is 27.7. The van der Waals surface area contributed by atoms with Crippen LogP contribution in [0.15, 0.2) is 29.9 Å². The van der Waals surface area contributed by atoms with Gasteiger partial charge in [-0.3, -0.25) is 0 Å². The second-order valence-corrected chi connectivity index (χ2v) is 7.61. The molecule has 21 heavy (non-hydrogen) atoms. The van der Waals surface area contributed by atoms with Crippen LogP contribution in [-0.4, -0.2) is 15.6 Å². The summed E-state index contributed by atoms with van der Waals surface area (Å²) in [6.07, 6.45) is 7.84. The van der Waals surface area contributed by atoms with Gasteiger partial charge in [-0.05, 0) is 42.5 Å². The molecule has 3 rings (SSSR count). The maximum Gasteiger partial charge on any atom is 0.131 e. The predicted molar refractivity (Wildman–Crippen MR) is 88.5 cm³/mol. The minimum Gasteiger partial charge on any atom is -0.336 e. The number of rotatable bonds is 4. The van der Waals surface area contributed by atoms with Gasteiger partial charge in [-0.15, -0.1) is 11.3 Å². The summed E-state index contributed by atoms with van der Waals surface area (Å²) in [5, 5.41) is 6.04. The molecule has 1 fully saturated rings. The van der Waals surface area contributed by atoms with Crippen LogP contribution < -0.4 is 5.32 Å². The topological polar surface area (TPSA) is 29.9 Å². The molecule has 114 valence electrons. The number of thiophene rings is 1. The zero-order valence-electron chi connectivity index (χ0n) is 13.1. The smallest absolute Gasteiger partial charge is 0.131 e. The average Bonchev–Trinajstić information content (AvgIpc) is 3.06. The summed E-state index contributed by atoms with van der Waals surface area (Å²) >= 11 is 1.81. The Hall–Kier alpha value is -1.13. The Morgan fingerprint density at radius 2 is 2.05 bits per heavy atom. The summed E-state index contributed by atoms with van der Waals surface area (Å²) in [7, 11) is 2.08. The molecule has 0 amide bonds. The van der Waals surface area contributed by atoms with E-state index in [1.54, 1.807) is 0 Å². The summed E-state index contributed by atoms with van der Waals surface area (Å²) in [5.74, 6) is 2.75. The van der Waals surface area contributed by atoms with Crippen LogP contribution in [0.3, 0.4) is 0 Å². The molecule has 1 aliphatic carbocycles. The van der Waals surface area contributed by atoms with Crippen molar-refractivity contribution in [2.75, 3.05) is 0 Å². The van der Waals surface area contributed by atoms with E-state index in [0.717, 1.165) is 17.7 Å². The Balaban J connectivity index is 1.82. The minimum absolute atomic E-state index is 0.215. The standard InChI is InChI=1S/C17H25N3S/c1-12-9-13(2)11-14(10-12)19-16(15-5-4-8-21-15)17-18-6-7-20(17)3/h4-8,12-14,16,19H,9-11H2,1-3H3. The maximum absolute atomic E-state index is 4.58. The number of imidazole rings is 1. The van der Waals surface area contributed by atoms with Crippen molar-refractivity contribution in [2.24, 2.45) is 18.9 Å². The molecule has 3 atom stereocenters. The van der Waals surface area contributed by atoms with Crippen LogP contribution in [0.5, 0.6) is 0 Å². The summed E-state index contributed by atoms with van der Waals surface area (Å²) in [6.45, 7) is 4.76. The fourth-order valence-electron chi connectivity index (χ4n) is 3.71. The van der Waals surface area contributed by atoms with Crippen molar-refractivity contribution in [3.63, 3.8) is 0 Å². The molecule has 1 N–H and O–H groups in total. The van der Waals surface area contributed by atoms with Gasteiger partial charge in [0.1, 0.15) is 11.9 Å². The number of nitrogens with zero attached hydrogens (tertiary/aromatic N) is 2. The lowest BCUT2D eigenvalue weighted by atomic mass is 9.80. The number of nitrogens with one attached hydrogen (secondary N) is 1. The molecule has 3 unspecified atom stereocenters. The number of aromatic nitrogens is 2. The molecule has 4 heteroatoms. The van der Waals surface area contributed by atoms with Gasteiger partial charge in [0, 0.05) is 30.4 Å². The van der Waals surface area contributed by atoms with Crippen molar-refractivity contribution in [1.82, 2.24) is 14.9 Å². The molecular weight excluding hydrogens is 278 g/mol. The van der Waals surface area contributed by atoms with E-state index in [1.165, 1.54) is 24.1 Å². The van der Waals surface area contributed by atoms with E-state index >= 15 is 0 Å². The molecular formula is C17H25N3S. The minimum atomic E-state index is 0.215. The van der Waals surface area contributed by atoms with Gasteiger partial charge in [-0.25, -0.2) is 4.98 Å². The zero-order chi connectivity index (χ0) is 14.8. The van der Waals surface area contributed by atoms with E-state index < -0.39 is 0 Å². The molecule has 0 radical (unpaired) electrons. The second kappa shape index (κ2) is 6.32. The lowest BCUT2D eigenvalue weighted by Gasteiger charge is -2.34. The molecule has 0 aliphatic heterocycles. The molecule has 3 nitrogen and oxygen atoms in total. The van der Waals surface area contributed by atoms with Crippen LogP contribution in [0.25, 0.3) is 0 Å². The van der Waals surface area contributed by atoms with Crippen LogP contribution in [0.2, 0.25) is 0 Å². The van der Waals surface area contributed by atoms with Crippen molar-refractivity contribution in [1.29, 1.82) is 0 Å². The fraction of sp³-hybridized carbons (Fsp3) is 0.588. The van der Waals surface area contributed by atoms with Gasteiger partial charge >= 0.3 is 0 Å². The van der Waals surface area contributed by atoms with E-state index in [2.05, 4.69) is 53.3 Å². The van der Waals surface area contributed by atoms with E-state index in [0.29, 0.717) is 6.04 Å². The Morgan fingerprint density at radius 1 is 1.29 bits per heavy atom. The summed E-state index contributed by atoms with van der Waals surface area (Å²) < 4.78 is 2.13. The van der Waals surface area contributed by atoms with Crippen molar-refractivity contribution in [3.8, 4) is 0 Å². The molecule has 2 aromatic heterocycles. The largest absolute Gasteiger partial charge is 0.336 e. The van der Waals surface area contributed by atoms with E-state index in [-0.39, 0.29) is 6.04 Å². The van der Waals surface area contributed by atoms with Crippen LogP contribution in [0.1, 0.15) is 49.9 Å². The van der Waals surface area contributed by atoms with Crippen molar-refractivity contribution >= 4 is 11.3 Å². The first-order valence-corrected chi connectivity index (χ1v) is 8.78. The fourth-order valence-corrected chi connectivity index (χ4v) is 4.49. The summed E-state index contributed by atoms with van der Waals surface area (Å²) in [4.78, 5) is 5.94. The first-order chi connectivity index (χ1) is 10.1. The Morgan fingerprint density at radius 3 is 2.62 bits per heavy atom. The van der Waals surface area contributed by atoms with Gasteiger partial charge in [-0.1, -0.05) is 19.9 Å². The van der Waals surface area contributed by atoms with Crippen LogP contribution >= 0.6 is 11.3 Å². The van der Waals surface area contributed by atoms with Crippen LogP contribution in [-0.2, 0) is 7.05 Å². The van der Waals surface area contributed by atoms with Gasteiger partial charge < -0.3 is 9.88 Å². The third kappa shape index (κ3) is 3.38. The van der Waals surface area contributed by atoms with Crippen molar-refractivity contribution in [2.45, 2.75) is 45.2 Å². The lowest BCUT2D eigenvalue weighted by Crippen LogP contribution is -2.39. The van der Waals surface area contributed by atoms with Gasteiger partial charge in [0.15, 0.2) is 0 Å². The zero-order valence-corrected chi connectivity index (χ0v) is 13.9. The van der Waals surface area contributed by atoms with Crippen LogP contribution in [0, 0.1) is 11.8 Å².